The van der Waals surface area contributed by atoms with E-state index in [1.165, 1.54) is 5.56 Å². The van der Waals surface area contributed by atoms with Crippen LogP contribution in [0.3, 0.4) is 0 Å². The van der Waals surface area contributed by atoms with Gasteiger partial charge in [0.1, 0.15) is 24.1 Å². The van der Waals surface area contributed by atoms with Crippen LogP contribution in [0.5, 0.6) is 17.4 Å². The number of anilines is 3. The number of nitrogen functional groups attached to an aromatic ring is 1. The predicted octanol–water partition coefficient (Wildman–Crippen LogP) is 3.56. The van der Waals surface area contributed by atoms with Crippen LogP contribution in [0.25, 0.3) is 0 Å². The van der Waals surface area contributed by atoms with Gasteiger partial charge in [-0.15, -0.1) is 0 Å². The molecule has 30 heavy (non-hydrogen) atoms. The summed E-state index contributed by atoms with van der Waals surface area (Å²) >= 11 is 0. The molecule has 0 bridgehead atoms. The van der Waals surface area contributed by atoms with E-state index in [1.807, 2.05) is 56.0 Å². The number of aryl methyl sites for hydroxylation is 1. The van der Waals surface area contributed by atoms with Gasteiger partial charge in [0.2, 0.25) is 5.88 Å². The smallest absolute Gasteiger partial charge is 0.219 e. The molecule has 8 nitrogen and oxygen atoms in total. The third kappa shape index (κ3) is 3.41. The molecule has 5 rings (SSSR count). The van der Waals surface area contributed by atoms with E-state index >= 15 is 0 Å². The Morgan fingerprint density at radius 1 is 1.17 bits per heavy atom. The molecule has 2 aromatic heterocycles. The van der Waals surface area contributed by atoms with Crippen molar-refractivity contribution < 1.29 is 14.3 Å². The molecule has 0 amide bonds. The number of rotatable bonds is 4. The van der Waals surface area contributed by atoms with Gasteiger partial charge in [0.05, 0.1) is 30.4 Å². The Balaban J connectivity index is 0.00000106. The number of carbonyl (C=O) groups excluding carboxylic acids is 1. The van der Waals surface area contributed by atoms with Crippen molar-refractivity contribution in [3.63, 3.8) is 0 Å². The van der Waals surface area contributed by atoms with Crippen LogP contribution in [-0.2, 0) is 10.2 Å². The average molecular weight is 405 g/mol. The molecule has 1 saturated carbocycles. The first kappa shape index (κ1) is 19.6. The summed E-state index contributed by atoms with van der Waals surface area (Å²) in [5.74, 6) is 3.62. The van der Waals surface area contributed by atoms with Gasteiger partial charge >= 0.3 is 0 Å². The molecule has 1 aromatic carbocycles. The molecular formula is C22H23N5O3. The molecule has 2 N–H and O–H groups in total. The summed E-state index contributed by atoms with van der Waals surface area (Å²) in [6, 6.07) is 9.74. The van der Waals surface area contributed by atoms with Crippen molar-refractivity contribution in [3.05, 3.63) is 54.1 Å². The quantitative estimate of drug-likeness (QED) is 0.703. The molecule has 2 aliphatic rings. The van der Waals surface area contributed by atoms with E-state index in [9.17, 15) is 0 Å². The number of hydrogen-bond donors (Lipinski definition) is 1. The van der Waals surface area contributed by atoms with Crippen LogP contribution in [0.2, 0.25) is 0 Å². The Morgan fingerprint density at radius 2 is 1.97 bits per heavy atom. The van der Waals surface area contributed by atoms with Crippen molar-refractivity contribution in [1.29, 1.82) is 0 Å². The molecular weight excluding hydrogens is 382 g/mol. The van der Waals surface area contributed by atoms with Crippen LogP contribution in [-0.4, -0.2) is 35.4 Å². The normalized spacial score (nSPS) is 14.9. The van der Waals surface area contributed by atoms with Crippen molar-refractivity contribution in [2.75, 3.05) is 24.3 Å². The zero-order valence-corrected chi connectivity index (χ0v) is 17.0. The number of hydrogen-bond acceptors (Lipinski definition) is 8. The van der Waals surface area contributed by atoms with E-state index < -0.39 is 0 Å². The van der Waals surface area contributed by atoms with Crippen molar-refractivity contribution in [3.8, 4) is 17.4 Å². The molecule has 0 saturated heterocycles. The van der Waals surface area contributed by atoms with E-state index in [0.29, 0.717) is 23.2 Å². The summed E-state index contributed by atoms with van der Waals surface area (Å²) in [5.41, 5.74) is 8.72. The fraction of sp³-hybridized carbons (Fsp3) is 0.273. The Hall–Kier alpha value is -3.68. The topological polar surface area (TPSA) is 103 Å². The van der Waals surface area contributed by atoms with Crippen LogP contribution in [0.15, 0.2) is 42.7 Å². The molecule has 154 valence electrons. The van der Waals surface area contributed by atoms with Gasteiger partial charge in [-0.05, 0) is 38.0 Å². The third-order valence-electron chi connectivity index (χ3n) is 5.43. The van der Waals surface area contributed by atoms with Gasteiger partial charge in [-0.3, -0.25) is 0 Å². The van der Waals surface area contributed by atoms with Gasteiger partial charge in [-0.2, -0.15) is 0 Å². The van der Waals surface area contributed by atoms with Gasteiger partial charge < -0.3 is 24.9 Å². The number of nitrogens with two attached hydrogens (primary N) is 1. The van der Waals surface area contributed by atoms with Gasteiger partial charge in [-0.25, -0.2) is 15.0 Å². The number of ether oxygens (including phenoxy) is 2. The lowest BCUT2D eigenvalue weighted by Crippen LogP contribution is -2.14. The number of pyridine rings is 1. The summed E-state index contributed by atoms with van der Waals surface area (Å²) in [4.78, 5) is 22.9. The summed E-state index contributed by atoms with van der Waals surface area (Å²) in [6.45, 7) is 4.58. The Bertz CT molecular complexity index is 1070. The minimum absolute atomic E-state index is 0.147. The van der Waals surface area contributed by atoms with Crippen LogP contribution in [0, 0.1) is 6.92 Å². The first-order chi connectivity index (χ1) is 14.6. The summed E-state index contributed by atoms with van der Waals surface area (Å²) in [6.07, 6.45) is 5.66. The zero-order valence-electron chi connectivity index (χ0n) is 17.0. The van der Waals surface area contributed by atoms with Crippen molar-refractivity contribution >= 4 is 24.0 Å². The highest BCUT2D eigenvalue weighted by Crippen LogP contribution is 2.58. The maximum atomic E-state index is 8.00. The molecule has 3 aromatic rings. The number of nitrogens with zero attached hydrogens (tertiary/aromatic N) is 4. The monoisotopic (exact) mass is 405 g/mol. The van der Waals surface area contributed by atoms with E-state index in [0.717, 1.165) is 36.6 Å². The molecule has 1 aliphatic heterocycles. The van der Waals surface area contributed by atoms with Crippen molar-refractivity contribution in [1.82, 2.24) is 15.0 Å². The highest BCUT2D eigenvalue weighted by Gasteiger charge is 2.52. The SMILES string of the molecule is C=O.Cc1ncc(N)c(N(C)c2ccc(Oc3cccc4c3C3(CC3)CO4)nc2)n1. The molecule has 8 heteroatoms. The molecule has 3 heterocycles. The van der Waals surface area contributed by atoms with E-state index in [2.05, 4.69) is 15.0 Å². The van der Waals surface area contributed by atoms with Gasteiger partial charge in [0.15, 0.2) is 5.82 Å². The number of aromatic nitrogens is 3. The minimum Gasteiger partial charge on any atom is -0.492 e. The average Bonchev–Trinajstić information content (AvgIpc) is 3.46. The van der Waals surface area contributed by atoms with Crippen LogP contribution in [0.4, 0.5) is 17.2 Å². The molecule has 0 radical (unpaired) electrons. The van der Waals surface area contributed by atoms with Crippen molar-refractivity contribution in [2.45, 2.75) is 25.2 Å². The summed E-state index contributed by atoms with van der Waals surface area (Å²) in [7, 11) is 1.90. The maximum Gasteiger partial charge on any atom is 0.219 e. The fourth-order valence-electron chi connectivity index (χ4n) is 3.67. The summed E-state index contributed by atoms with van der Waals surface area (Å²) in [5, 5.41) is 0. The Morgan fingerprint density at radius 3 is 2.67 bits per heavy atom. The highest BCUT2D eigenvalue weighted by atomic mass is 16.5. The first-order valence-corrected chi connectivity index (χ1v) is 9.58. The maximum absolute atomic E-state index is 8.00. The predicted molar refractivity (Wildman–Crippen MR) is 114 cm³/mol. The number of carbonyl (C=O) groups is 1. The largest absolute Gasteiger partial charge is 0.492 e. The highest BCUT2D eigenvalue weighted by molar-refractivity contribution is 5.69. The van der Waals surface area contributed by atoms with Gasteiger partial charge in [0.25, 0.3) is 0 Å². The molecule has 0 atom stereocenters. The lowest BCUT2D eigenvalue weighted by Gasteiger charge is -2.20. The second kappa shape index (κ2) is 7.62. The van der Waals surface area contributed by atoms with Crippen LogP contribution in [0.1, 0.15) is 24.2 Å². The van der Waals surface area contributed by atoms with E-state index in [4.69, 9.17) is 20.0 Å². The molecule has 1 aliphatic carbocycles. The lowest BCUT2D eigenvalue weighted by molar-refractivity contribution is -0.0979. The standard InChI is InChI=1S/C21H21N5O2.CH2O/c1-13-23-11-15(22)20(25-13)26(2)14-6-7-18(24-10-14)28-17-5-3-4-16-19(17)21(8-9-21)12-27-16;1-2/h3-7,10-11H,8-9,12,22H2,1-2H3;1H2. The second-order valence-electron chi connectivity index (χ2n) is 7.41. The number of benzene rings is 1. The summed E-state index contributed by atoms with van der Waals surface area (Å²) < 4.78 is 12.0. The van der Waals surface area contributed by atoms with Gasteiger partial charge in [-0.1, -0.05) is 6.07 Å². The van der Waals surface area contributed by atoms with Crippen molar-refractivity contribution in [2.24, 2.45) is 0 Å². The molecule has 1 fully saturated rings. The Labute approximate surface area is 174 Å². The lowest BCUT2D eigenvalue weighted by atomic mass is 9.97. The third-order valence-corrected chi connectivity index (χ3v) is 5.43. The molecule has 0 unspecified atom stereocenters. The van der Waals surface area contributed by atoms with Crippen LogP contribution < -0.4 is 20.1 Å². The van der Waals surface area contributed by atoms with Gasteiger partial charge in [0, 0.05) is 24.1 Å². The van der Waals surface area contributed by atoms with E-state index in [-0.39, 0.29) is 5.41 Å². The fourth-order valence-corrected chi connectivity index (χ4v) is 3.67. The number of fused-ring (bicyclic) bond motifs is 2. The molecule has 1 spiro atoms. The zero-order chi connectivity index (χ0) is 21.3. The van der Waals surface area contributed by atoms with E-state index in [1.54, 1.807) is 12.4 Å². The Kier molecular flexibility index (Phi) is 4.99. The second-order valence-corrected chi connectivity index (χ2v) is 7.41. The minimum atomic E-state index is 0.147. The van der Waals surface area contributed by atoms with Crippen LogP contribution >= 0.6 is 0 Å². The first-order valence-electron chi connectivity index (χ1n) is 9.58.